The first kappa shape index (κ1) is 28.5. The van der Waals surface area contributed by atoms with Crippen molar-refractivity contribution in [1.29, 1.82) is 0 Å². The molecule has 0 aliphatic rings. The van der Waals surface area contributed by atoms with Crippen molar-refractivity contribution in [3.8, 4) is 11.3 Å². The minimum absolute atomic E-state index is 0.300. The molecule has 1 heterocycles. The number of aromatic nitrogens is 2. The van der Waals surface area contributed by atoms with Crippen LogP contribution in [0.3, 0.4) is 0 Å². The van der Waals surface area contributed by atoms with Gasteiger partial charge >= 0.3 is 18.0 Å². The van der Waals surface area contributed by atoms with Gasteiger partial charge in [0.15, 0.2) is 0 Å². The molecule has 2 aromatic carbocycles. The van der Waals surface area contributed by atoms with E-state index in [2.05, 4.69) is 31.0 Å². The highest BCUT2D eigenvalue weighted by Crippen LogP contribution is 2.48. The van der Waals surface area contributed by atoms with Gasteiger partial charge in [-0.15, -0.1) is 0 Å². The summed E-state index contributed by atoms with van der Waals surface area (Å²) in [6.07, 6.45) is -8.07. The molecule has 0 unspecified atom stereocenters. The average molecular weight is 593 g/mol. The molecule has 0 fully saturated rings. The number of carbonyl (C=O) groups excluding carboxylic acids is 1. The van der Waals surface area contributed by atoms with Gasteiger partial charge in [-0.2, -0.15) is 35.8 Å². The van der Waals surface area contributed by atoms with E-state index in [1.807, 2.05) is 5.43 Å². The van der Waals surface area contributed by atoms with Crippen LogP contribution in [0.15, 0.2) is 58.1 Å². The Labute approximate surface area is 215 Å². The molecule has 0 aliphatic carbocycles. The molecule has 1 aromatic heterocycles. The van der Waals surface area contributed by atoms with Gasteiger partial charge in [-0.3, -0.25) is 4.79 Å². The Morgan fingerprint density at radius 3 is 2.14 bits per heavy atom. The molecule has 198 valence electrons. The second-order valence-electron chi connectivity index (χ2n) is 9.09. The minimum Gasteiger partial charge on any atom is -0.299 e. The molecule has 1 N–H and O–H groups in total. The summed E-state index contributed by atoms with van der Waals surface area (Å²) in [5.74, 6) is -13.8. The van der Waals surface area contributed by atoms with Crippen LogP contribution in [0.2, 0.25) is 0 Å². The van der Waals surface area contributed by atoms with Gasteiger partial charge < -0.3 is 0 Å². The van der Waals surface area contributed by atoms with E-state index in [0.29, 0.717) is 26.6 Å². The number of Topliss-reactive ketones (excluding diaryl/α,β-unsaturated/α-hetero) is 1. The van der Waals surface area contributed by atoms with E-state index < -0.39 is 47.3 Å². The molecule has 0 amide bonds. The van der Waals surface area contributed by atoms with Crippen LogP contribution in [-0.2, 0) is 4.79 Å². The minimum atomic E-state index is -6.60. The lowest BCUT2D eigenvalue weighted by Crippen LogP contribution is -2.56. The summed E-state index contributed by atoms with van der Waals surface area (Å²) in [5, 5.41) is 3.67. The number of carbonyl (C=O) groups is 1. The third-order valence-electron chi connectivity index (χ3n) is 5.27. The largest absolute Gasteiger partial charge is 0.460 e. The number of ketones is 1. The molecule has 0 bridgehead atoms. The third kappa shape index (κ3) is 5.91. The number of hydrogen-bond acceptors (Lipinski definition) is 5. The Balaban J connectivity index is 2.14. The molecule has 3 aromatic rings. The molecular formula is C24H20BrF7N4O. The van der Waals surface area contributed by atoms with Gasteiger partial charge in [-0.25, -0.2) is 15.4 Å². The van der Waals surface area contributed by atoms with E-state index in [9.17, 15) is 35.5 Å². The molecule has 0 saturated carbocycles. The second-order valence-corrected chi connectivity index (χ2v) is 10.0. The zero-order valence-corrected chi connectivity index (χ0v) is 21.2. The van der Waals surface area contributed by atoms with E-state index >= 15 is 0 Å². The number of hydrogen-bond donors (Lipinski definition) is 1. The van der Waals surface area contributed by atoms with Gasteiger partial charge in [0.2, 0.25) is 5.95 Å². The number of fused-ring (bicyclic) bond motifs is 1. The Hall–Kier alpha value is -3.09. The smallest absolute Gasteiger partial charge is 0.299 e. The maximum atomic E-state index is 14.6. The van der Waals surface area contributed by atoms with Crippen LogP contribution >= 0.6 is 15.9 Å². The van der Waals surface area contributed by atoms with Gasteiger partial charge in [0, 0.05) is 20.8 Å². The number of halogens is 8. The number of anilines is 1. The molecule has 0 saturated heterocycles. The SMILES string of the molecule is CC(C)(C)C(=O)C/C(=N\Nc1nc(-c2ccccc2)c2cc(Br)ccc2n1)C(F)(F)C(F)(F)C(F)(F)F. The monoisotopic (exact) mass is 592 g/mol. The molecule has 0 spiro atoms. The molecule has 5 nitrogen and oxygen atoms in total. The van der Waals surface area contributed by atoms with E-state index in [4.69, 9.17) is 0 Å². The highest BCUT2D eigenvalue weighted by molar-refractivity contribution is 9.10. The van der Waals surface area contributed by atoms with Crippen LogP contribution < -0.4 is 5.43 Å². The Morgan fingerprint density at radius 2 is 1.57 bits per heavy atom. The lowest BCUT2D eigenvalue weighted by atomic mass is 9.86. The van der Waals surface area contributed by atoms with Crippen molar-refractivity contribution in [3.05, 3.63) is 53.0 Å². The van der Waals surface area contributed by atoms with Crippen molar-refractivity contribution >= 4 is 44.3 Å². The molecule has 0 aliphatic heterocycles. The van der Waals surface area contributed by atoms with Crippen LogP contribution in [-0.4, -0.2) is 39.5 Å². The maximum Gasteiger partial charge on any atom is 0.460 e. The fraction of sp³-hybridized carbons (Fsp3) is 0.333. The molecule has 13 heteroatoms. The predicted octanol–water partition coefficient (Wildman–Crippen LogP) is 7.67. The van der Waals surface area contributed by atoms with Crippen molar-refractivity contribution in [2.24, 2.45) is 10.5 Å². The predicted molar refractivity (Wildman–Crippen MR) is 129 cm³/mol. The van der Waals surface area contributed by atoms with Crippen LogP contribution in [0.1, 0.15) is 27.2 Å². The van der Waals surface area contributed by atoms with Crippen LogP contribution in [0.5, 0.6) is 0 Å². The molecule has 0 atom stereocenters. The molecule has 0 radical (unpaired) electrons. The Bertz CT molecular complexity index is 1340. The first-order valence-corrected chi connectivity index (χ1v) is 11.5. The van der Waals surface area contributed by atoms with Crippen molar-refractivity contribution in [3.63, 3.8) is 0 Å². The highest BCUT2D eigenvalue weighted by Gasteiger charge is 2.75. The number of nitrogens with one attached hydrogen (secondary N) is 1. The topological polar surface area (TPSA) is 67.2 Å². The summed E-state index contributed by atoms with van der Waals surface area (Å²) in [6.45, 7) is 3.91. The van der Waals surface area contributed by atoms with Crippen molar-refractivity contribution in [2.75, 3.05) is 5.43 Å². The summed E-state index contributed by atoms with van der Waals surface area (Å²) >= 11 is 3.33. The first-order valence-electron chi connectivity index (χ1n) is 10.7. The van der Waals surface area contributed by atoms with Gasteiger partial charge in [0.1, 0.15) is 11.5 Å². The molecule has 3 rings (SSSR count). The van der Waals surface area contributed by atoms with Gasteiger partial charge in [0.05, 0.1) is 17.6 Å². The van der Waals surface area contributed by atoms with Gasteiger partial charge in [-0.05, 0) is 18.2 Å². The number of benzene rings is 2. The summed E-state index contributed by atoms with van der Waals surface area (Å²) < 4.78 is 96.1. The number of alkyl halides is 7. The summed E-state index contributed by atoms with van der Waals surface area (Å²) in [5.41, 5.74) is -0.166. The quantitative estimate of drug-likeness (QED) is 0.174. The second kappa shape index (κ2) is 9.99. The van der Waals surface area contributed by atoms with Gasteiger partial charge in [-0.1, -0.05) is 67.0 Å². The molecule has 37 heavy (non-hydrogen) atoms. The Kier molecular flexibility index (Phi) is 7.69. The summed E-state index contributed by atoms with van der Waals surface area (Å²) in [4.78, 5) is 20.7. The number of rotatable bonds is 7. The van der Waals surface area contributed by atoms with Crippen LogP contribution in [0.4, 0.5) is 36.7 Å². The zero-order chi connectivity index (χ0) is 27.8. The van der Waals surface area contributed by atoms with E-state index in [1.54, 1.807) is 48.5 Å². The summed E-state index contributed by atoms with van der Waals surface area (Å²) in [7, 11) is 0. The van der Waals surface area contributed by atoms with Crippen molar-refractivity contribution < 1.29 is 35.5 Å². The van der Waals surface area contributed by atoms with E-state index in [0.717, 1.165) is 0 Å². The number of nitrogens with zero attached hydrogens (tertiary/aromatic N) is 3. The van der Waals surface area contributed by atoms with Crippen molar-refractivity contribution in [2.45, 2.75) is 45.2 Å². The van der Waals surface area contributed by atoms with Crippen LogP contribution in [0, 0.1) is 5.41 Å². The fourth-order valence-electron chi connectivity index (χ4n) is 3.08. The van der Waals surface area contributed by atoms with E-state index in [1.165, 1.54) is 20.8 Å². The fourth-order valence-corrected chi connectivity index (χ4v) is 3.44. The lowest BCUT2D eigenvalue weighted by Gasteiger charge is -2.29. The third-order valence-corrected chi connectivity index (χ3v) is 5.77. The normalized spacial score (nSPS) is 13.6. The Morgan fingerprint density at radius 1 is 0.946 bits per heavy atom. The zero-order valence-electron chi connectivity index (χ0n) is 19.6. The number of hydrazone groups is 1. The van der Waals surface area contributed by atoms with Crippen LogP contribution in [0.25, 0.3) is 22.2 Å². The highest BCUT2D eigenvalue weighted by atomic mass is 79.9. The maximum absolute atomic E-state index is 14.6. The first-order chi connectivity index (χ1) is 16.9. The summed E-state index contributed by atoms with van der Waals surface area (Å²) in [6, 6.07) is 13.4. The van der Waals surface area contributed by atoms with E-state index in [-0.39, 0.29) is 0 Å². The average Bonchev–Trinajstić information content (AvgIpc) is 2.80. The van der Waals surface area contributed by atoms with Gasteiger partial charge in [0.25, 0.3) is 0 Å². The molecular weight excluding hydrogens is 573 g/mol. The van der Waals surface area contributed by atoms with Crippen molar-refractivity contribution in [1.82, 2.24) is 9.97 Å². The standard InChI is InChI=1S/C24H20BrF7N4O/c1-21(2,3)18(37)12-17(22(26,27)23(28,29)24(30,31)32)35-36-20-33-16-10-9-14(25)11-15(16)19(34-20)13-7-5-4-6-8-13/h4-11H,12H2,1-3H3,(H,33,34,36)/b35-17+. The lowest BCUT2D eigenvalue weighted by molar-refractivity contribution is -0.336.